The Bertz CT molecular complexity index is 596. The van der Waals surface area contributed by atoms with Gasteiger partial charge in [0, 0.05) is 11.4 Å². The highest BCUT2D eigenvalue weighted by Gasteiger charge is 2.05. The first kappa shape index (κ1) is 13.4. The summed E-state index contributed by atoms with van der Waals surface area (Å²) in [6, 6.07) is 14.9. The van der Waals surface area contributed by atoms with Gasteiger partial charge >= 0.3 is 12.2 Å². The molecule has 102 valence electrons. The second-order valence-electron chi connectivity index (χ2n) is 3.84. The fourth-order valence-electron chi connectivity index (χ4n) is 1.50. The van der Waals surface area contributed by atoms with Crippen LogP contribution in [0, 0.1) is 0 Å². The van der Waals surface area contributed by atoms with Crippen LogP contribution in [0.15, 0.2) is 54.6 Å². The molecule has 0 radical (unpaired) electrons. The minimum absolute atomic E-state index is 0.416. The highest BCUT2D eigenvalue weighted by molar-refractivity contribution is 5.87. The van der Waals surface area contributed by atoms with E-state index in [4.69, 9.17) is 9.84 Å². The Morgan fingerprint density at radius 2 is 1.40 bits per heavy atom. The Morgan fingerprint density at radius 3 is 1.95 bits per heavy atom. The maximum Gasteiger partial charge on any atom is 0.417 e. The van der Waals surface area contributed by atoms with E-state index in [2.05, 4.69) is 10.6 Å². The van der Waals surface area contributed by atoms with Gasteiger partial charge in [-0.05, 0) is 36.4 Å². The van der Waals surface area contributed by atoms with E-state index in [-0.39, 0.29) is 0 Å². The van der Waals surface area contributed by atoms with Gasteiger partial charge in [0.25, 0.3) is 0 Å². The number of carbonyl (C=O) groups is 2. The van der Waals surface area contributed by atoms with E-state index in [9.17, 15) is 9.59 Å². The molecule has 0 saturated carbocycles. The number of hydrogen-bond donors (Lipinski definition) is 3. The van der Waals surface area contributed by atoms with Crippen molar-refractivity contribution in [2.45, 2.75) is 0 Å². The van der Waals surface area contributed by atoms with Crippen molar-refractivity contribution in [3.63, 3.8) is 0 Å². The third kappa shape index (κ3) is 4.02. The molecular weight excluding hydrogens is 260 g/mol. The number of nitrogens with one attached hydrogen (secondary N) is 2. The molecule has 0 unspecified atom stereocenters. The maximum atomic E-state index is 11.6. The summed E-state index contributed by atoms with van der Waals surface area (Å²) in [4.78, 5) is 22.0. The Morgan fingerprint density at radius 1 is 0.850 bits per heavy atom. The number of ether oxygens (including phenoxy) is 1. The molecule has 0 aliphatic carbocycles. The summed E-state index contributed by atoms with van der Waals surface area (Å²) in [5.41, 5.74) is 0.918. The zero-order valence-electron chi connectivity index (χ0n) is 10.4. The molecule has 2 rings (SSSR count). The van der Waals surface area contributed by atoms with Gasteiger partial charge in [0.15, 0.2) is 0 Å². The Labute approximate surface area is 115 Å². The average Bonchev–Trinajstić information content (AvgIpc) is 2.41. The first-order valence-corrected chi connectivity index (χ1v) is 5.77. The number of anilines is 2. The number of carboxylic acid groups (broad SMARTS) is 1. The van der Waals surface area contributed by atoms with Crippen molar-refractivity contribution in [2.24, 2.45) is 0 Å². The van der Waals surface area contributed by atoms with Gasteiger partial charge in [-0.2, -0.15) is 0 Å². The monoisotopic (exact) mass is 272 g/mol. The van der Waals surface area contributed by atoms with Crippen LogP contribution < -0.4 is 15.4 Å². The molecular formula is C14H12N2O4. The van der Waals surface area contributed by atoms with Crippen molar-refractivity contribution in [3.8, 4) is 5.75 Å². The van der Waals surface area contributed by atoms with Crippen LogP contribution in [0.3, 0.4) is 0 Å². The maximum absolute atomic E-state index is 11.6. The van der Waals surface area contributed by atoms with Crippen LogP contribution >= 0.6 is 0 Å². The van der Waals surface area contributed by atoms with Crippen LogP contribution in [0.1, 0.15) is 0 Å². The third-order valence-corrected chi connectivity index (χ3v) is 2.34. The molecule has 0 heterocycles. The quantitative estimate of drug-likeness (QED) is 0.799. The summed E-state index contributed by atoms with van der Waals surface area (Å²) in [6.45, 7) is 0. The standard InChI is InChI=1S/C14H12N2O4/c17-13(18)15-10-6-8-11(9-7-10)16-14(19)20-12-4-2-1-3-5-12/h1-9,15H,(H,16,19)(H,17,18). The van der Waals surface area contributed by atoms with E-state index in [0.29, 0.717) is 17.1 Å². The Kier molecular flexibility index (Phi) is 4.18. The molecule has 3 N–H and O–H groups in total. The van der Waals surface area contributed by atoms with Crippen molar-refractivity contribution in [3.05, 3.63) is 54.6 Å². The molecule has 0 aromatic heterocycles. The summed E-state index contributed by atoms with van der Waals surface area (Å²) < 4.78 is 5.05. The van der Waals surface area contributed by atoms with Gasteiger partial charge in [0.1, 0.15) is 5.75 Å². The van der Waals surface area contributed by atoms with Crippen LogP contribution in [-0.2, 0) is 0 Å². The first-order chi connectivity index (χ1) is 9.63. The van der Waals surface area contributed by atoms with Crippen molar-refractivity contribution in [1.29, 1.82) is 0 Å². The molecule has 0 saturated heterocycles. The van der Waals surface area contributed by atoms with Gasteiger partial charge in [-0.3, -0.25) is 10.6 Å². The molecule has 0 fully saturated rings. The summed E-state index contributed by atoms with van der Waals surface area (Å²) in [6.07, 6.45) is -1.76. The SMILES string of the molecule is O=C(O)Nc1ccc(NC(=O)Oc2ccccc2)cc1. The number of carbonyl (C=O) groups excluding carboxylic acids is 1. The Balaban J connectivity index is 1.93. The molecule has 0 spiro atoms. The van der Waals surface area contributed by atoms with Gasteiger partial charge in [0.05, 0.1) is 0 Å². The summed E-state index contributed by atoms with van der Waals surface area (Å²) in [5.74, 6) is 0.439. The number of hydrogen-bond acceptors (Lipinski definition) is 3. The first-order valence-electron chi connectivity index (χ1n) is 5.77. The topological polar surface area (TPSA) is 87.7 Å². The van der Waals surface area contributed by atoms with Crippen LogP contribution in [0.2, 0.25) is 0 Å². The minimum Gasteiger partial charge on any atom is -0.465 e. The van der Waals surface area contributed by atoms with Gasteiger partial charge in [-0.25, -0.2) is 9.59 Å². The molecule has 2 aromatic rings. The predicted molar refractivity (Wildman–Crippen MR) is 74.2 cm³/mol. The van der Waals surface area contributed by atoms with Crippen molar-refractivity contribution in [1.82, 2.24) is 0 Å². The average molecular weight is 272 g/mol. The smallest absolute Gasteiger partial charge is 0.417 e. The van der Waals surface area contributed by atoms with E-state index in [1.807, 2.05) is 6.07 Å². The molecule has 0 aliphatic heterocycles. The molecule has 0 bridgehead atoms. The van der Waals surface area contributed by atoms with Gasteiger partial charge in [-0.15, -0.1) is 0 Å². The van der Waals surface area contributed by atoms with Crippen LogP contribution in [-0.4, -0.2) is 17.3 Å². The molecule has 20 heavy (non-hydrogen) atoms. The summed E-state index contributed by atoms with van der Waals surface area (Å²) >= 11 is 0. The molecule has 0 atom stereocenters. The second kappa shape index (κ2) is 6.24. The fraction of sp³-hybridized carbons (Fsp3) is 0. The lowest BCUT2D eigenvalue weighted by molar-refractivity contribution is 0.209. The number of benzene rings is 2. The normalized spacial score (nSPS) is 9.60. The second-order valence-corrected chi connectivity index (χ2v) is 3.84. The third-order valence-electron chi connectivity index (χ3n) is 2.34. The predicted octanol–water partition coefficient (Wildman–Crippen LogP) is 3.39. The van der Waals surface area contributed by atoms with Crippen molar-refractivity contribution >= 4 is 23.6 Å². The lowest BCUT2D eigenvalue weighted by atomic mass is 10.3. The van der Waals surface area contributed by atoms with E-state index >= 15 is 0 Å². The minimum atomic E-state index is -1.14. The van der Waals surface area contributed by atoms with Gasteiger partial charge < -0.3 is 9.84 Å². The number of amides is 2. The highest BCUT2D eigenvalue weighted by atomic mass is 16.6. The van der Waals surface area contributed by atoms with Crippen molar-refractivity contribution < 1.29 is 19.4 Å². The molecule has 2 amide bonds. The van der Waals surface area contributed by atoms with Gasteiger partial charge in [0.2, 0.25) is 0 Å². The zero-order chi connectivity index (χ0) is 14.4. The fourth-order valence-corrected chi connectivity index (χ4v) is 1.50. The molecule has 6 heteroatoms. The lowest BCUT2D eigenvalue weighted by Crippen LogP contribution is -2.16. The zero-order valence-corrected chi connectivity index (χ0v) is 10.4. The van der Waals surface area contributed by atoms with Gasteiger partial charge in [-0.1, -0.05) is 18.2 Å². The molecule has 2 aromatic carbocycles. The van der Waals surface area contributed by atoms with Crippen LogP contribution in [0.5, 0.6) is 5.75 Å². The van der Waals surface area contributed by atoms with E-state index in [1.165, 1.54) is 12.1 Å². The number of rotatable bonds is 3. The van der Waals surface area contributed by atoms with Crippen LogP contribution in [0.25, 0.3) is 0 Å². The van der Waals surface area contributed by atoms with Crippen LogP contribution in [0.4, 0.5) is 21.0 Å². The molecule has 0 aliphatic rings. The molecule has 6 nitrogen and oxygen atoms in total. The van der Waals surface area contributed by atoms with E-state index < -0.39 is 12.2 Å². The highest BCUT2D eigenvalue weighted by Crippen LogP contribution is 2.15. The van der Waals surface area contributed by atoms with E-state index in [0.717, 1.165) is 0 Å². The lowest BCUT2D eigenvalue weighted by Gasteiger charge is -2.07. The largest absolute Gasteiger partial charge is 0.465 e. The summed E-state index contributed by atoms with van der Waals surface area (Å²) in [5, 5.41) is 13.3. The van der Waals surface area contributed by atoms with E-state index in [1.54, 1.807) is 36.4 Å². The number of para-hydroxylation sites is 1. The van der Waals surface area contributed by atoms with Crippen molar-refractivity contribution in [2.75, 3.05) is 10.6 Å². The Hall–Kier alpha value is -3.02. The summed E-state index contributed by atoms with van der Waals surface area (Å²) in [7, 11) is 0.